The Morgan fingerprint density at radius 3 is 2.40 bits per heavy atom. The highest BCUT2D eigenvalue weighted by atomic mass is 16.2. The van der Waals surface area contributed by atoms with Crippen molar-refractivity contribution in [2.45, 2.75) is 13.8 Å². The van der Waals surface area contributed by atoms with Gasteiger partial charge in [-0.1, -0.05) is 13.8 Å². The Bertz CT molecular complexity index is 132. The monoisotopic (exact) mass is 143 g/mol. The lowest BCUT2D eigenvalue weighted by Gasteiger charge is -2.15. The van der Waals surface area contributed by atoms with E-state index in [2.05, 4.69) is 0 Å². The van der Waals surface area contributed by atoms with Crippen molar-refractivity contribution < 1.29 is 9.59 Å². The summed E-state index contributed by atoms with van der Waals surface area (Å²) >= 11 is 0. The molecule has 0 atom stereocenters. The van der Waals surface area contributed by atoms with Gasteiger partial charge in [0.2, 0.25) is 6.29 Å². The second-order valence-electron chi connectivity index (χ2n) is 2.73. The summed E-state index contributed by atoms with van der Waals surface area (Å²) in [5.41, 5.74) is 0. The van der Waals surface area contributed by atoms with Gasteiger partial charge in [0.1, 0.15) is 0 Å². The van der Waals surface area contributed by atoms with Crippen LogP contribution in [0, 0.1) is 5.92 Å². The molecule has 3 nitrogen and oxygen atoms in total. The van der Waals surface area contributed by atoms with Gasteiger partial charge in [-0.15, -0.1) is 0 Å². The predicted octanol–water partition coefficient (Wildman–Crippen LogP) is 0.300. The quantitative estimate of drug-likeness (QED) is 0.421. The fourth-order valence-corrected chi connectivity index (χ4v) is 0.728. The maximum atomic E-state index is 10.6. The smallest absolute Gasteiger partial charge is 0.286 e. The molecule has 0 radical (unpaired) electrons. The first-order valence-corrected chi connectivity index (χ1v) is 3.28. The third-order valence-electron chi connectivity index (χ3n) is 1.12. The largest absolute Gasteiger partial charge is 0.339 e. The molecule has 0 saturated carbocycles. The lowest BCUT2D eigenvalue weighted by Crippen LogP contribution is -2.30. The fraction of sp³-hybridized carbons (Fsp3) is 0.714. The zero-order chi connectivity index (χ0) is 8.15. The molecule has 0 aliphatic carbocycles. The molecule has 0 aromatic rings. The van der Waals surface area contributed by atoms with E-state index in [1.165, 1.54) is 4.90 Å². The molecule has 0 spiro atoms. The first-order valence-electron chi connectivity index (χ1n) is 3.28. The van der Waals surface area contributed by atoms with Gasteiger partial charge < -0.3 is 4.90 Å². The van der Waals surface area contributed by atoms with Gasteiger partial charge in [0, 0.05) is 13.6 Å². The Morgan fingerprint density at radius 1 is 1.60 bits per heavy atom. The van der Waals surface area contributed by atoms with E-state index >= 15 is 0 Å². The number of likely N-dealkylation sites (N-methyl/N-ethyl adjacent to an activating group) is 1. The third kappa shape index (κ3) is 3.22. The highest BCUT2D eigenvalue weighted by Gasteiger charge is 2.07. The number of amides is 1. The average molecular weight is 143 g/mol. The number of hydrogen-bond acceptors (Lipinski definition) is 2. The van der Waals surface area contributed by atoms with Gasteiger partial charge in [0.05, 0.1) is 0 Å². The Hall–Kier alpha value is -0.860. The Morgan fingerprint density at radius 2 is 2.10 bits per heavy atom. The van der Waals surface area contributed by atoms with Gasteiger partial charge in [-0.25, -0.2) is 0 Å². The van der Waals surface area contributed by atoms with Crippen molar-refractivity contribution in [3.05, 3.63) is 0 Å². The summed E-state index contributed by atoms with van der Waals surface area (Å²) in [4.78, 5) is 22.0. The van der Waals surface area contributed by atoms with Gasteiger partial charge in [-0.2, -0.15) is 0 Å². The van der Waals surface area contributed by atoms with Gasteiger partial charge >= 0.3 is 0 Å². The Balaban J connectivity index is 3.72. The molecule has 0 heterocycles. The standard InChI is InChI=1S/C7H13NO2/c1-6(2)4-8(3)7(10)5-9/h5-6H,4H2,1-3H3. The van der Waals surface area contributed by atoms with Crippen LogP contribution in [0.3, 0.4) is 0 Å². The van der Waals surface area contributed by atoms with Crippen LogP contribution >= 0.6 is 0 Å². The van der Waals surface area contributed by atoms with Gasteiger partial charge in [-0.3, -0.25) is 9.59 Å². The van der Waals surface area contributed by atoms with Crippen molar-refractivity contribution in [2.24, 2.45) is 5.92 Å². The normalized spacial score (nSPS) is 9.60. The molecule has 0 bridgehead atoms. The molecule has 1 amide bonds. The molecule has 3 heteroatoms. The van der Waals surface area contributed by atoms with Crippen molar-refractivity contribution in [1.29, 1.82) is 0 Å². The molecular weight excluding hydrogens is 130 g/mol. The van der Waals surface area contributed by atoms with E-state index in [1.54, 1.807) is 7.05 Å². The number of hydrogen-bond donors (Lipinski definition) is 0. The van der Waals surface area contributed by atoms with Crippen LogP contribution in [0.1, 0.15) is 13.8 Å². The van der Waals surface area contributed by atoms with Crippen molar-refractivity contribution in [3.8, 4) is 0 Å². The lowest BCUT2D eigenvalue weighted by molar-refractivity contribution is -0.138. The van der Waals surface area contributed by atoms with E-state index in [0.717, 1.165) is 0 Å². The molecule has 0 aromatic heterocycles. The summed E-state index contributed by atoms with van der Waals surface area (Å²) < 4.78 is 0. The highest BCUT2D eigenvalue weighted by Crippen LogP contribution is 1.94. The zero-order valence-corrected chi connectivity index (χ0v) is 6.63. The molecule has 0 saturated heterocycles. The van der Waals surface area contributed by atoms with Crippen LogP contribution in [0.2, 0.25) is 0 Å². The summed E-state index contributed by atoms with van der Waals surface area (Å²) in [6.07, 6.45) is 0.336. The zero-order valence-electron chi connectivity index (χ0n) is 6.63. The van der Waals surface area contributed by atoms with Crippen LogP contribution in [0.15, 0.2) is 0 Å². The highest BCUT2D eigenvalue weighted by molar-refractivity contribution is 6.23. The van der Waals surface area contributed by atoms with E-state index in [1.807, 2.05) is 13.8 Å². The average Bonchev–Trinajstić information content (AvgIpc) is 1.85. The van der Waals surface area contributed by atoms with Crippen molar-refractivity contribution in [1.82, 2.24) is 4.90 Å². The molecule has 0 unspecified atom stereocenters. The van der Waals surface area contributed by atoms with Crippen molar-refractivity contribution in [3.63, 3.8) is 0 Å². The number of nitrogens with zero attached hydrogens (tertiary/aromatic N) is 1. The lowest BCUT2D eigenvalue weighted by atomic mass is 10.2. The van der Waals surface area contributed by atoms with E-state index < -0.39 is 5.91 Å². The topological polar surface area (TPSA) is 37.4 Å². The summed E-state index contributed by atoms with van der Waals surface area (Å²) in [6.45, 7) is 4.63. The maximum Gasteiger partial charge on any atom is 0.286 e. The number of aldehydes is 1. The van der Waals surface area contributed by atoms with Crippen LogP contribution in [-0.4, -0.2) is 30.7 Å². The maximum absolute atomic E-state index is 10.6. The van der Waals surface area contributed by atoms with E-state index in [9.17, 15) is 9.59 Å². The van der Waals surface area contributed by atoms with Gasteiger partial charge in [-0.05, 0) is 5.92 Å². The number of rotatable bonds is 3. The summed E-state index contributed by atoms with van der Waals surface area (Å²) in [5.74, 6) is -0.0393. The summed E-state index contributed by atoms with van der Waals surface area (Å²) in [6, 6.07) is 0. The second-order valence-corrected chi connectivity index (χ2v) is 2.73. The molecular formula is C7H13NO2. The molecule has 10 heavy (non-hydrogen) atoms. The molecule has 0 N–H and O–H groups in total. The minimum Gasteiger partial charge on any atom is -0.339 e. The van der Waals surface area contributed by atoms with E-state index in [0.29, 0.717) is 18.7 Å². The minimum atomic E-state index is -0.450. The van der Waals surface area contributed by atoms with Crippen LogP contribution < -0.4 is 0 Å². The van der Waals surface area contributed by atoms with E-state index in [4.69, 9.17) is 0 Å². The molecule has 0 rings (SSSR count). The summed E-state index contributed by atoms with van der Waals surface area (Å²) in [5, 5.41) is 0. The Labute approximate surface area is 61.0 Å². The molecule has 0 aliphatic heterocycles. The summed E-state index contributed by atoms with van der Waals surface area (Å²) in [7, 11) is 1.62. The van der Waals surface area contributed by atoms with Crippen molar-refractivity contribution in [2.75, 3.05) is 13.6 Å². The fourth-order valence-electron chi connectivity index (χ4n) is 0.728. The molecule has 0 aromatic carbocycles. The van der Waals surface area contributed by atoms with Crippen LogP contribution in [0.4, 0.5) is 0 Å². The molecule has 0 aliphatic rings. The van der Waals surface area contributed by atoms with E-state index in [-0.39, 0.29) is 0 Å². The first-order chi connectivity index (χ1) is 4.57. The number of carbonyl (C=O) groups is 2. The minimum absolute atomic E-state index is 0.336. The van der Waals surface area contributed by atoms with Gasteiger partial charge in [0.15, 0.2) is 0 Å². The molecule has 0 fully saturated rings. The Kier molecular flexibility index (Phi) is 3.69. The molecule has 58 valence electrons. The van der Waals surface area contributed by atoms with Crippen LogP contribution in [0.5, 0.6) is 0 Å². The van der Waals surface area contributed by atoms with Crippen molar-refractivity contribution >= 4 is 12.2 Å². The van der Waals surface area contributed by atoms with Gasteiger partial charge in [0.25, 0.3) is 5.91 Å². The second kappa shape index (κ2) is 4.04. The predicted molar refractivity (Wildman–Crippen MR) is 38.5 cm³/mol. The first kappa shape index (κ1) is 9.14. The number of carbonyl (C=O) groups excluding carboxylic acids is 2. The van der Waals surface area contributed by atoms with Crippen LogP contribution in [-0.2, 0) is 9.59 Å². The third-order valence-corrected chi connectivity index (χ3v) is 1.12. The SMILES string of the molecule is CC(C)CN(C)C(=O)C=O. The van der Waals surface area contributed by atoms with Crippen LogP contribution in [0.25, 0.3) is 0 Å².